The fourth-order valence-electron chi connectivity index (χ4n) is 2.85. The first-order valence-corrected chi connectivity index (χ1v) is 7.16. The molecule has 1 saturated heterocycles. The highest BCUT2D eigenvalue weighted by Gasteiger charge is 2.27. The van der Waals surface area contributed by atoms with E-state index in [4.69, 9.17) is 4.74 Å². The summed E-state index contributed by atoms with van der Waals surface area (Å²) in [4.78, 5) is 2.64. The summed E-state index contributed by atoms with van der Waals surface area (Å²) in [6.07, 6.45) is 2.49. The third-order valence-electron chi connectivity index (χ3n) is 4.19. The molecular formula is C14H30N2O. The normalized spacial score (nSPS) is 25.1. The van der Waals surface area contributed by atoms with Crippen LogP contribution in [0.3, 0.4) is 0 Å². The average Bonchev–Trinajstić information content (AvgIpc) is 2.73. The van der Waals surface area contributed by atoms with E-state index in [0.29, 0.717) is 0 Å². The summed E-state index contributed by atoms with van der Waals surface area (Å²) in [5.74, 6) is 1.63. The first-order chi connectivity index (χ1) is 8.22. The lowest BCUT2D eigenvalue weighted by atomic mass is 9.96. The Morgan fingerprint density at radius 3 is 2.47 bits per heavy atom. The van der Waals surface area contributed by atoms with Gasteiger partial charge in [-0.1, -0.05) is 20.8 Å². The topological polar surface area (TPSA) is 24.5 Å². The van der Waals surface area contributed by atoms with Gasteiger partial charge in [-0.15, -0.1) is 0 Å². The summed E-state index contributed by atoms with van der Waals surface area (Å²) < 4.78 is 5.25. The van der Waals surface area contributed by atoms with Gasteiger partial charge in [-0.25, -0.2) is 0 Å². The van der Waals surface area contributed by atoms with E-state index in [0.717, 1.165) is 31.0 Å². The fourth-order valence-corrected chi connectivity index (χ4v) is 2.85. The van der Waals surface area contributed by atoms with Crippen molar-refractivity contribution in [1.29, 1.82) is 0 Å². The molecule has 1 aliphatic rings. The van der Waals surface area contributed by atoms with Crippen LogP contribution in [0.1, 0.15) is 33.6 Å². The number of rotatable bonds is 8. The molecule has 0 amide bonds. The third kappa shape index (κ3) is 4.57. The van der Waals surface area contributed by atoms with E-state index in [-0.39, 0.29) is 0 Å². The molecular weight excluding hydrogens is 212 g/mol. The van der Waals surface area contributed by atoms with Crippen molar-refractivity contribution < 1.29 is 4.74 Å². The van der Waals surface area contributed by atoms with Crippen LogP contribution in [0.4, 0.5) is 0 Å². The number of nitrogens with one attached hydrogen (secondary N) is 1. The highest BCUT2D eigenvalue weighted by molar-refractivity contribution is 4.82. The lowest BCUT2D eigenvalue weighted by Crippen LogP contribution is -2.41. The predicted octanol–water partition coefficient (Wildman–Crippen LogP) is 1.98. The van der Waals surface area contributed by atoms with Gasteiger partial charge >= 0.3 is 0 Å². The molecule has 17 heavy (non-hydrogen) atoms. The lowest BCUT2D eigenvalue weighted by Gasteiger charge is -2.33. The molecule has 0 radical (unpaired) electrons. The standard InChI is InChI=1S/C14H30N2O/c1-5-14(6-2)16(7-8-17-4)11-13-10-15-9-12(13)3/h12-15H,5-11H2,1-4H3. The number of nitrogens with zero attached hydrogens (tertiary/aromatic N) is 1. The number of hydrogen-bond donors (Lipinski definition) is 1. The molecule has 0 spiro atoms. The molecule has 0 aromatic rings. The Hall–Kier alpha value is -0.120. The Morgan fingerprint density at radius 1 is 1.29 bits per heavy atom. The van der Waals surface area contributed by atoms with Crippen molar-refractivity contribution in [3.05, 3.63) is 0 Å². The highest BCUT2D eigenvalue weighted by atomic mass is 16.5. The van der Waals surface area contributed by atoms with Crippen molar-refractivity contribution in [1.82, 2.24) is 10.2 Å². The van der Waals surface area contributed by atoms with E-state index >= 15 is 0 Å². The van der Waals surface area contributed by atoms with Crippen molar-refractivity contribution in [2.75, 3.05) is 39.9 Å². The minimum absolute atomic E-state index is 0.720. The van der Waals surface area contributed by atoms with Crippen molar-refractivity contribution >= 4 is 0 Å². The summed E-state index contributed by atoms with van der Waals surface area (Å²) in [6.45, 7) is 12.5. The van der Waals surface area contributed by atoms with Gasteiger partial charge in [-0.3, -0.25) is 4.90 Å². The summed E-state index contributed by atoms with van der Waals surface area (Å²) >= 11 is 0. The molecule has 1 N–H and O–H groups in total. The summed E-state index contributed by atoms with van der Waals surface area (Å²) in [5, 5.41) is 3.50. The molecule has 0 bridgehead atoms. The number of ether oxygens (including phenoxy) is 1. The van der Waals surface area contributed by atoms with Gasteiger partial charge in [0.1, 0.15) is 0 Å². The fraction of sp³-hybridized carbons (Fsp3) is 1.00. The Bertz CT molecular complexity index is 195. The highest BCUT2D eigenvalue weighted by Crippen LogP contribution is 2.20. The first kappa shape index (κ1) is 14.9. The third-order valence-corrected chi connectivity index (χ3v) is 4.19. The van der Waals surface area contributed by atoms with Crippen LogP contribution in [-0.2, 0) is 4.74 Å². The molecule has 102 valence electrons. The van der Waals surface area contributed by atoms with Gasteiger partial charge in [0.2, 0.25) is 0 Å². The second-order valence-corrected chi connectivity index (χ2v) is 5.35. The second kappa shape index (κ2) is 8.06. The molecule has 0 aromatic heterocycles. The molecule has 1 fully saturated rings. The van der Waals surface area contributed by atoms with Crippen LogP contribution in [0.2, 0.25) is 0 Å². The SMILES string of the molecule is CCC(CC)N(CCOC)CC1CNCC1C. The maximum absolute atomic E-state index is 5.25. The maximum atomic E-state index is 5.25. The molecule has 0 aliphatic carbocycles. The maximum Gasteiger partial charge on any atom is 0.0589 e. The van der Waals surface area contributed by atoms with Crippen LogP contribution in [0.25, 0.3) is 0 Å². The van der Waals surface area contributed by atoms with E-state index in [9.17, 15) is 0 Å². The van der Waals surface area contributed by atoms with Crippen molar-refractivity contribution in [2.24, 2.45) is 11.8 Å². The minimum atomic E-state index is 0.720. The van der Waals surface area contributed by atoms with Crippen LogP contribution in [0, 0.1) is 11.8 Å². The summed E-state index contributed by atoms with van der Waals surface area (Å²) in [6, 6.07) is 0.720. The Kier molecular flexibility index (Phi) is 7.09. The van der Waals surface area contributed by atoms with Crippen molar-refractivity contribution in [3.8, 4) is 0 Å². The van der Waals surface area contributed by atoms with Crippen molar-refractivity contribution in [2.45, 2.75) is 39.7 Å². The predicted molar refractivity (Wildman–Crippen MR) is 73.3 cm³/mol. The minimum Gasteiger partial charge on any atom is -0.383 e. The van der Waals surface area contributed by atoms with Gasteiger partial charge in [0.05, 0.1) is 6.61 Å². The Balaban J connectivity index is 2.49. The van der Waals surface area contributed by atoms with Crippen LogP contribution >= 0.6 is 0 Å². The zero-order chi connectivity index (χ0) is 12.7. The van der Waals surface area contributed by atoms with E-state index < -0.39 is 0 Å². The van der Waals surface area contributed by atoms with Crippen molar-refractivity contribution in [3.63, 3.8) is 0 Å². The molecule has 0 aromatic carbocycles. The van der Waals surface area contributed by atoms with E-state index in [1.54, 1.807) is 7.11 Å². The zero-order valence-electron chi connectivity index (χ0n) is 12.0. The number of methoxy groups -OCH3 is 1. The second-order valence-electron chi connectivity index (χ2n) is 5.35. The quantitative estimate of drug-likeness (QED) is 0.704. The van der Waals surface area contributed by atoms with E-state index in [2.05, 4.69) is 31.0 Å². The van der Waals surface area contributed by atoms with Crippen LogP contribution in [-0.4, -0.2) is 50.8 Å². The van der Waals surface area contributed by atoms with Crippen LogP contribution in [0.5, 0.6) is 0 Å². The van der Waals surface area contributed by atoms with Gasteiger partial charge in [0, 0.05) is 26.2 Å². The van der Waals surface area contributed by atoms with Gasteiger partial charge in [0.15, 0.2) is 0 Å². The molecule has 1 aliphatic heterocycles. The van der Waals surface area contributed by atoms with Gasteiger partial charge in [-0.05, 0) is 37.8 Å². The average molecular weight is 242 g/mol. The van der Waals surface area contributed by atoms with Gasteiger partial charge in [0.25, 0.3) is 0 Å². The van der Waals surface area contributed by atoms with Crippen LogP contribution < -0.4 is 5.32 Å². The van der Waals surface area contributed by atoms with E-state index in [1.165, 1.54) is 32.5 Å². The molecule has 2 atom stereocenters. The molecule has 3 heteroatoms. The smallest absolute Gasteiger partial charge is 0.0589 e. The van der Waals surface area contributed by atoms with Gasteiger partial charge < -0.3 is 10.1 Å². The summed E-state index contributed by atoms with van der Waals surface area (Å²) in [7, 11) is 1.80. The monoisotopic (exact) mass is 242 g/mol. The Labute approximate surface area is 107 Å². The molecule has 1 rings (SSSR count). The summed E-state index contributed by atoms with van der Waals surface area (Å²) in [5.41, 5.74) is 0. The largest absolute Gasteiger partial charge is 0.383 e. The van der Waals surface area contributed by atoms with E-state index in [1.807, 2.05) is 0 Å². The first-order valence-electron chi connectivity index (χ1n) is 7.16. The van der Waals surface area contributed by atoms with Gasteiger partial charge in [-0.2, -0.15) is 0 Å². The molecule has 3 nitrogen and oxygen atoms in total. The van der Waals surface area contributed by atoms with Crippen LogP contribution in [0.15, 0.2) is 0 Å². The molecule has 2 unspecified atom stereocenters. The molecule has 1 heterocycles. The molecule has 0 saturated carbocycles. The Morgan fingerprint density at radius 2 is 2.00 bits per heavy atom. The lowest BCUT2D eigenvalue weighted by molar-refractivity contribution is 0.0983. The number of hydrogen-bond acceptors (Lipinski definition) is 3. The zero-order valence-corrected chi connectivity index (χ0v) is 12.0.